The van der Waals surface area contributed by atoms with Crippen molar-refractivity contribution in [3.8, 4) is 0 Å². The molecule has 12 heavy (non-hydrogen) atoms. The van der Waals surface area contributed by atoms with Crippen molar-refractivity contribution in [3.63, 3.8) is 0 Å². The van der Waals surface area contributed by atoms with Crippen LogP contribution in [0.1, 0.15) is 0 Å². The van der Waals surface area contributed by atoms with Crippen molar-refractivity contribution in [2.24, 2.45) is 7.05 Å². The molecule has 2 heterocycles. The second-order valence-electron chi connectivity index (χ2n) is 2.44. The number of rotatable bonds is 0. The summed E-state index contributed by atoms with van der Waals surface area (Å²) < 4.78 is 2.68. The minimum atomic E-state index is 0.466. The van der Waals surface area contributed by atoms with Gasteiger partial charge in [0, 0.05) is 13.1 Å². The van der Waals surface area contributed by atoms with Gasteiger partial charge in [-0.3, -0.25) is 0 Å². The van der Waals surface area contributed by atoms with Crippen molar-refractivity contribution in [2.45, 2.75) is 0 Å². The van der Waals surface area contributed by atoms with Crippen molar-refractivity contribution in [3.05, 3.63) is 22.1 Å². The summed E-state index contributed by atoms with van der Waals surface area (Å²) in [6.07, 6.45) is 1.70. The fourth-order valence-corrected chi connectivity index (χ4v) is 1.57. The van der Waals surface area contributed by atoms with Crippen LogP contribution < -0.4 is 0 Å². The van der Waals surface area contributed by atoms with E-state index < -0.39 is 0 Å². The molecule has 0 radical (unpaired) electrons. The minimum Gasteiger partial charge on any atom is -0.320 e. The van der Waals surface area contributed by atoms with E-state index in [9.17, 15) is 0 Å². The van der Waals surface area contributed by atoms with Crippen LogP contribution in [0, 0.1) is 0 Å². The number of hydrogen-bond donors (Lipinski definition) is 0. The van der Waals surface area contributed by atoms with E-state index in [1.807, 2.05) is 11.6 Å². The summed E-state index contributed by atoms with van der Waals surface area (Å²) in [4.78, 5) is 8.19. The Balaban J connectivity index is 2.87. The lowest BCUT2D eigenvalue weighted by Crippen LogP contribution is -1.87. The number of nitrogens with zero attached hydrogens (tertiary/aromatic N) is 3. The maximum Gasteiger partial charge on any atom is 0.177 e. The molecule has 2 rings (SSSR count). The molecule has 0 saturated carbocycles. The number of hydrogen-bond acceptors (Lipinski definition) is 2. The van der Waals surface area contributed by atoms with Gasteiger partial charge < -0.3 is 4.57 Å². The van der Waals surface area contributed by atoms with Crippen LogP contribution in [-0.4, -0.2) is 14.5 Å². The number of imidazole rings is 1. The van der Waals surface area contributed by atoms with E-state index in [0.717, 1.165) is 15.8 Å². The molecule has 3 nitrogen and oxygen atoms in total. The molecule has 62 valence electrons. The average molecular weight is 246 g/mol. The Kier molecular flexibility index (Phi) is 1.81. The molecule has 0 fully saturated rings. The highest BCUT2D eigenvalue weighted by Crippen LogP contribution is 2.19. The normalized spacial score (nSPS) is 10.9. The molecule has 0 bridgehead atoms. The summed E-state index contributed by atoms with van der Waals surface area (Å²) in [5, 5.41) is 0.466. The first kappa shape index (κ1) is 8.01. The largest absolute Gasteiger partial charge is 0.320 e. The molecule has 0 N–H and O–H groups in total. The van der Waals surface area contributed by atoms with Crippen LogP contribution in [0.4, 0.5) is 0 Å². The summed E-state index contributed by atoms with van der Waals surface area (Å²) in [6.45, 7) is 0. The number of fused-ring (bicyclic) bond motifs is 1. The molecule has 0 amide bonds. The van der Waals surface area contributed by atoms with Crippen LogP contribution >= 0.6 is 27.5 Å². The molecule has 0 aliphatic carbocycles. The number of halogens is 2. The van der Waals surface area contributed by atoms with Crippen LogP contribution in [0.2, 0.25) is 5.15 Å². The molecule has 0 saturated heterocycles. The number of pyridine rings is 1. The minimum absolute atomic E-state index is 0.466. The second-order valence-corrected chi connectivity index (χ2v) is 3.53. The van der Waals surface area contributed by atoms with Crippen molar-refractivity contribution in [2.75, 3.05) is 0 Å². The lowest BCUT2D eigenvalue weighted by Gasteiger charge is -1.93. The maximum atomic E-state index is 5.70. The standard InChI is InChI=1S/C7H5BrClN3/c1-12-5-3-10-6(9)2-4(5)11-7(12)8/h2-3H,1H3. The van der Waals surface area contributed by atoms with Crippen molar-refractivity contribution < 1.29 is 0 Å². The molecule has 0 spiro atoms. The van der Waals surface area contributed by atoms with Crippen molar-refractivity contribution >= 4 is 38.6 Å². The van der Waals surface area contributed by atoms with Gasteiger partial charge >= 0.3 is 0 Å². The lowest BCUT2D eigenvalue weighted by molar-refractivity contribution is 0.910. The van der Waals surface area contributed by atoms with Gasteiger partial charge in [0.05, 0.1) is 17.2 Å². The molecule has 0 unspecified atom stereocenters. The molecular weight excluding hydrogens is 241 g/mol. The van der Waals surface area contributed by atoms with Gasteiger partial charge in [-0.1, -0.05) is 11.6 Å². The highest BCUT2D eigenvalue weighted by molar-refractivity contribution is 9.10. The lowest BCUT2D eigenvalue weighted by atomic mass is 10.4. The van der Waals surface area contributed by atoms with E-state index in [2.05, 4.69) is 25.9 Å². The van der Waals surface area contributed by atoms with E-state index in [1.54, 1.807) is 12.3 Å². The average Bonchev–Trinajstić information content (AvgIpc) is 2.28. The van der Waals surface area contributed by atoms with Gasteiger partial charge in [-0.2, -0.15) is 0 Å². The van der Waals surface area contributed by atoms with Crippen LogP contribution in [-0.2, 0) is 7.05 Å². The van der Waals surface area contributed by atoms with E-state index in [1.165, 1.54) is 0 Å². The molecule has 0 aliphatic rings. The molecule has 0 atom stereocenters. The van der Waals surface area contributed by atoms with Crippen molar-refractivity contribution in [1.82, 2.24) is 14.5 Å². The Hall–Kier alpha value is -0.610. The van der Waals surface area contributed by atoms with Gasteiger partial charge in [0.25, 0.3) is 0 Å². The molecule has 5 heteroatoms. The molecule has 2 aromatic rings. The SMILES string of the molecule is Cn1c(Br)nc2cc(Cl)ncc21. The van der Waals surface area contributed by atoms with Crippen LogP contribution in [0.3, 0.4) is 0 Å². The zero-order chi connectivity index (χ0) is 8.72. The van der Waals surface area contributed by atoms with Crippen LogP contribution in [0.25, 0.3) is 11.0 Å². The summed E-state index contributed by atoms with van der Waals surface area (Å²) in [5.41, 5.74) is 1.82. The van der Waals surface area contributed by atoms with Crippen LogP contribution in [0.5, 0.6) is 0 Å². The Bertz CT molecular complexity index is 437. The zero-order valence-corrected chi connectivity index (χ0v) is 8.59. The maximum absolute atomic E-state index is 5.70. The van der Waals surface area contributed by atoms with E-state index >= 15 is 0 Å². The Labute approximate surface area is 82.5 Å². The summed E-state index contributed by atoms with van der Waals surface area (Å²) in [6, 6.07) is 1.74. The summed E-state index contributed by atoms with van der Waals surface area (Å²) in [5.74, 6) is 0. The third-order valence-electron chi connectivity index (χ3n) is 1.68. The van der Waals surface area contributed by atoms with E-state index in [0.29, 0.717) is 5.15 Å². The summed E-state index contributed by atoms with van der Waals surface area (Å²) >= 11 is 9.02. The van der Waals surface area contributed by atoms with Gasteiger partial charge in [0.1, 0.15) is 5.15 Å². The first-order valence-corrected chi connectivity index (χ1v) is 4.49. The molecule has 2 aromatic heterocycles. The third kappa shape index (κ3) is 1.11. The van der Waals surface area contributed by atoms with Crippen molar-refractivity contribution in [1.29, 1.82) is 0 Å². The molecule has 0 aromatic carbocycles. The highest BCUT2D eigenvalue weighted by Gasteiger charge is 2.04. The predicted octanol–water partition coefficient (Wildman–Crippen LogP) is 2.38. The predicted molar refractivity (Wildman–Crippen MR) is 51.2 cm³/mol. The Morgan fingerprint density at radius 2 is 2.33 bits per heavy atom. The zero-order valence-electron chi connectivity index (χ0n) is 6.25. The Morgan fingerprint density at radius 1 is 1.58 bits per heavy atom. The smallest absolute Gasteiger partial charge is 0.177 e. The van der Waals surface area contributed by atoms with Gasteiger partial charge in [-0.05, 0) is 15.9 Å². The molecular formula is C7H5BrClN3. The Morgan fingerprint density at radius 3 is 3.08 bits per heavy atom. The van der Waals surface area contributed by atoms with Gasteiger partial charge in [0.2, 0.25) is 0 Å². The van der Waals surface area contributed by atoms with E-state index in [-0.39, 0.29) is 0 Å². The second kappa shape index (κ2) is 2.71. The topological polar surface area (TPSA) is 30.7 Å². The molecule has 0 aliphatic heterocycles. The first-order chi connectivity index (χ1) is 5.68. The first-order valence-electron chi connectivity index (χ1n) is 3.32. The quantitative estimate of drug-likeness (QED) is 0.668. The third-order valence-corrected chi connectivity index (χ3v) is 2.60. The number of aryl methyl sites for hydroxylation is 1. The van der Waals surface area contributed by atoms with Gasteiger partial charge in [0.15, 0.2) is 4.73 Å². The fraction of sp³-hybridized carbons (Fsp3) is 0.143. The van der Waals surface area contributed by atoms with Gasteiger partial charge in [-0.15, -0.1) is 0 Å². The van der Waals surface area contributed by atoms with Gasteiger partial charge in [-0.25, -0.2) is 9.97 Å². The van der Waals surface area contributed by atoms with E-state index in [4.69, 9.17) is 11.6 Å². The fourth-order valence-electron chi connectivity index (χ4n) is 1.03. The monoisotopic (exact) mass is 245 g/mol. The number of aromatic nitrogens is 3. The summed E-state index contributed by atoms with van der Waals surface area (Å²) in [7, 11) is 1.91. The highest BCUT2D eigenvalue weighted by atomic mass is 79.9. The van der Waals surface area contributed by atoms with Crippen LogP contribution in [0.15, 0.2) is 17.0 Å².